The predicted molar refractivity (Wildman–Crippen MR) is 57.0 cm³/mol. The van der Waals surface area contributed by atoms with Crippen LogP contribution in [0.25, 0.3) is 0 Å². The van der Waals surface area contributed by atoms with Gasteiger partial charge in [-0.1, -0.05) is 5.21 Å². The van der Waals surface area contributed by atoms with Crippen LogP contribution < -0.4 is 10.1 Å². The number of tetrazole rings is 1. The largest absolute Gasteiger partial charge is 0.495 e. The summed E-state index contributed by atoms with van der Waals surface area (Å²) in [6, 6.07) is 3.60. The minimum Gasteiger partial charge on any atom is -0.495 e. The normalized spacial score (nSPS) is 12.1. The Morgan fingerprint density at radius 3 is 2.88 bits per heavy atom. The zero-order valence-corrected chi connectivity index (χ0v) is 9.01. The molecule has 1 atom stereocenters. The number of aromatic amines is 1. The Morgan fingerprint density at radius 2 is 2.31 bits per heavy atom. The third kappa shape index (κ3) is 2.25. The maximum absolute atomic E-state index is 5.02. The number of aromatic nitrogens is 5. The van der Waals surface area contributed by atoms with E-state index in [1.807, 2.05) is 19.1 Å². The van der Waals surface area contributed by atoms with Crippen molar-refractivity contribution in [3.05, 3.63) is 24.2 Å². The minimum absolute atomic E-state index is 0.0559. The van der Waals surface area contributed by atoms with Crippen molar-refractivity contribution in [3.8, 4) is 5.75 Å². The Kier molecular flexibility index (Phi) is 2.95. The number of anilines is 1. The van der Waals surface area contributed by atoms with E-state index in [1.165, 1.54) is 0 Å². The van der Waals surface area contributed by atoms with Gasteiger partial charge in [0.15, 0.2) is 5.82 Å². The lowest BCUT2D eigenvalue weighted by Gasteiger charge is -2.10. The van der Waals surface area contributed by atoms with E-state index in [1.54, 1.807) is 13.3 Å². The summed E-state index contributed by atoms with van der Waals surface area (Å²) in [4.78, 5) is 4.18. The Hall–Kier alpha value is -2.18. The molecule has 0 bridgehead atoms. The van der Waals surface area contributed by atoms with Crippen LogP contribution in [0.4, 0.5) is 5.82 Å². The van der Waals surface area contributed by atoms with Gasteiger partial charge in [-0.3, -0.25) is 0 Å². The summed E-state index contributed by atoms with van der Waals surface area (Å²) in [5.41, 5.74) is 0. The second-order valence-corrected chi connectivity index (χ2v) is 3.22. The van der Waals surface area contributed by atoms with Crippen molar-refractivity contribution < 1.29 is 4.74 Å². The van der Waals surface area contributed by atoms with Gasteiger partial charge in [-0.25, -0.2) is 4.98 Å². The zero-order chi connectivity index (χ0) is 11.4. The van der Waals surface area contributed by atoms with E-state index in [-0.39, 0.29) is 6.04 Å². The van der Waals surface area contributed by atoms with Gasteiger partial charge in [0.1, 0.15) is 11.6 Å². The number of H-pyrrole nitrogens is 1. The number of pyridine rings is 1. The second kappa shape index (κ2) is 4.56. The fourth-order valence-electron chi connectivity index (χ4n) is 1.23. The summed E-state index contributed by atoms with van der Waals surface area (Å²) < 4.78 is 5.02. The van der Waals surface area contributed by atoms with E-state index in [0.29, 0.717) is 5.82 Å². The van der Waals surface area contributed by atoms with Crippen LogP contribution in [0.5, 0.6) is 5.75 Å². The maximum Gasteiger partial charge on any atom is 0.196 e. The van der Waals surface area contributed by atoms with Gasteiger partial charge < -0.3 is 10.1 Å². The first kappa shape index (κ1) is 10.3. The quantitative estimate of drug-likeness (QED) is 0.791. The monoisotopic (exact) mass is 220 g/mol. The smallest absolute Gasteiger partial charge is 0.196 e. The molecule has 0 saturated heterocycles. The minimum atomic E-state index is -0.0559. The molecule has 16 heavy (non-hydrogen) atoms. The lowest BCUT2D eigenvalue weighted by molar-refractivity contribution is 0.413. The highest BCUT2D eigenvalue weighted by Gasteiger charge is 2.10. The fraction of sp³-hybridized carbons (Fsp3) is 0.333. The number of hydrogen-bond acceptors (Lipinski definition) is 6. The molecule has 0 aliphatic heterocycles. The van der Waals surface area contributed by atoms with E-state index < -0.39 is 0 Å². The van der Waals surface area contributed by atoms with Gasteiger partial charge in [0.25, 0.3) is 0 Å². The molecule has 2 aromatic rings. The number of ether oxygens (including phenoxy) is 1. The fourth-order valence-corrected chi connectivity index (χ4v) is 1.23. The van der Waals surface area contributed by atoms with E-state index in [2.05, 4.69) is 30.9 Å². The van der Waals surface area contributed by atoms with E-state index in [0.717, 1.165) is 11.6 Å². The first-order chi connectivity index (χ1) is 7.79. The lowest BCUT2D eigenvalue weighted by atomic mass is 10.3. The molecule has 7 heteroatoms. The van der Waals surface area contributed by atoms with Gasteiger partial charge >= 0.3 is 0 Å². The molecule has 84 valence electrons. The van der Waals surface area contributed by atoms with Crippen molar-refractivity contribution >= 4 is 5.82 Å². The highest BCUT2D eigenvalue weighted by molar-refractivity contribution is 5.38. The molecule has 2 N–H and O–H groups in total. The highest BCUT2D eigenvalue weighted by atomic mass is 16.5. The van der Waals surface area contributed by atoms with E-state index in [9.17, 15) is 0 Å². The van der Waals surface area contributed by atoms with E-state index >= 15 is 0 Å². The SMILES string of the molecule is COc1ccc(NC(C)c2nn[nH]n2)nc1. The highest BCUT2D eigenvalue weighted by Crippen LogP contribution is 2.15. The van der Waals surface area contributed by atoms with Gasteiger partial charge in [0.05, 0.1) is 19.3 Å². The Labute approximate surface area is 92.2 Å². The molecule has 0 aromatic carbocycles. The Morgan fingerprint density at radius 1 is 1.44 bits per heavy atom. The van der Waals surface area contributed by atoms with Crippen LogP contribution in [0.15, 0.2) is 18.3 Å². The summed E-state index contributed by atoms with van der Waals surface area (Å²) in [6.07, 6.45) is 1.64. The molecule has 7 nitrogen and oxygen atoms in total. The van der Waals surface area contributed by atoms with Crippen molar-refractivity contribution in [2.24, 2.45) is 0 Å². The Balaban J connectivity index is 2.03. The van der Waals surface area contributed by atoms with Crippen molar-refractivity contribution in [3.63, 3.8) is 0 Å². The molecule has 0 spiro atoms. The molecule has 2 heterocycles. The number of methoxy groups -OCH3 is 1. The summed E-state index contributed by atoms with van der Waals surface area (Å²) >= 11 is 0. The molecule has 2 rings (SSSR count). The third-order valence-electron chi connectivity index (χ3n) is 2.09. The zero-order valence-electron chi connectivity index (χ0n) is 9.01. The van der Waals surface area contributed by atoms with Crippen LogP contribution in [-0.4, -0.2) is 32.7 Å². The van der Waals surface area contributed by atoms with Gasteiger partial charge in [0, 0.05) is 0 Å². The first-order valence-corrected chi connectivity index (χ1v) is 4.79. The second-order valence-electron chi connectivity index (χ2n) is 3.22. The molecular formula is C9H12N6O. The molecule has 0 saturated carbocycles. The number of hydrogen-bond donors (Lipinski definition) is 2. The average Bonchev–Trinajstić information content (AvgIpc) is 2.83. The average molecular weight is 220 g/mol. The molecule has 0 aliphatic rings. The summed E-state index contributed by atoms with van der Waals surface area (Å²) in [5.74, 6) is 2.05. The van der Waals surface area contributed by atoms with Crippen LogP contribution in [0.3, 0.4) is 0 Å². The van der Waals surface area contributed by atoms with Crippen LogP contribution >= 0.6 is 0 Å². The topological polar surface area (TPSA) is 88.6 Å². The van der Waals surface area contributed by atoms with Crippen LogP contribution in [0, 0.1) is 0 Å². The van der Waals surface area contributed by atoms with Crippen molar-refractivity contribution in [2.45, 2.75) is 13.0 Å². The van der Waals surface area contributed by atoms with Gasteiger partial charge in [-0.2, -0.15) is 5.21 Å². The first-order valence-electron chi connectivity index (χ1n) is 4.79. The molecular weight excluding hydrogens is 208 g/mol. The lowest BCUT2D eigenvalue weighted by Crippen LogP contribution is -2.09. The number of nitrogens with zero attached hydrogens (tertiary/aromatic N) is 4. The molecule has 1 unspecified atom stereocenters. The molecule has 0 amide bonds. The standard InChI is InChI=1S/C9H12N6O/c1-6(9-12-14-15-13-9)11-8-4-3-7(16-2)5-10-8/h3-6H,1-2H3,(H,10,11)(H,12,13,14,15). The van der Waals surface area contributed by atoms with Crippen LogP contribution in [0.1, 0.15) is 18.8 Å². The van der Waals surface area contributed by atoms with Gasteiger partial charge in [0.2, 0.25) is 0 Å². The number of nitrogens with one attached hydrogen (secondary N) is 2. The Bertz CT molecular complexity index is 426. The van der Waals surface area contributed by atoms with Crippen molar-refractivity contribution in [2.75, 3.05) is 12.4 Å². The third-order valence-corrected chi connectivity index (χ3v) is 2.09. The molecule has 0 fully saturated rings. The maximum atomic E-state index is 5.02. The summed E-state index contributed by atoms with van der Waals surface area (Å²) in [7, 11) is 1.60. The molecule has 0 aliphatic carbocycles. The summed E-state index contributed by atoms with van der Waals surface area (Å²) in [5, 5.41) is 16.8. The van der Waals surface area contributed by atoms with Gasteiger partial charge in [-0.15, -0.1) is 10.2 Å². The van der Waals surface area contributed by atoms with Crippen molar-refractivity contribution in [1.29, 1.82) is 0 Å². The predicted octanol–water partition coefficient (Wildman–Crippen LogP) is 0.776. The summed E-state index contributed by atoms with van der Waals surface area (Å²) in [6.45, 7) is 1.93. The van der Waals surface area contributed by atoms with Gasteiger partial charge in [-0.05, 0) is 19.1 Å². The van der Waals surface area contributed by atoms with Crippen molar-refractivity contribution in [1.82, 2.24) is 25.6 Å². The molecule has 0 radical (unpaired) electrons. The van der Waals surface area contributed by atoms with E-state index in [4.69, 9.17) is 4.74 Å². The number of rotatable bonds is 4. The van der Waals surface area contributed by atoms with Crippen LogP contribution in [0.2, 0.25) is 0 Å². The molecule has 2 aromatic heterocycles. The van der Waals surface area contributed by atoms with Crippen LogP contribution in [-0.2, 0) is 0 Å².